The number of carbonyl (C=O) groups excluding carboxylic acids is 2. The highest BCUT2D eigenvalue weighted by atomic mass is 16.8. The van der Waals surface area contributed by atoms with Crippen molar-refractivity contribution in [1.82, 2.24) is 19.7 Å². The summed E-state index contributed by atoms with van der Waals surface area (Å²) in [5, 5.41) is 3.83. The van der Waals surface area contributed by atoms with Gasteiger partial charge in [-0.2, -0.15) is 4.98 Å². The number of hydrogen-bond donors (Lipinski definition) is 1. The maximum atomic E-state index is 13.2. The van der Waals surface area contributed by atoms with Crippen LogP contribution >= 0.6 is 0 Å². The minimum absolute atomic E-state index is 0.139. The minimum atomic E-state index is -0.785. The second kappa shape index (κ2) is 11.2. The Morgan fingerprint density at radius 3 is 2.48 bits per heavy atom. The summed E-state index contributed by atoms with van der Waals surface area (Å²) in [5.74, 6) is -0.863. The Morgan fingerprint density at radius 1 is 1.00 bits per heavy atom. The largest absolute Gasteiger partial charge is 0.509 e. The van der Waals surface area contributed by atoms with Crippen molar-refractivity contribution in [3.8, 4) is 28.5 Å². The number of cyclic esters (lactones) is 2. The van der Waals surface area contributed by atoms with Gasteiger partial charge in [0.25, 0.3) is 6.01 Å². The van der Waals surface area contributed by atoms with Gasteiger partial charge in [-0.25, -0.2) is 14.4 Å². The maximum absolute atomic E-state index is 13.2. The van der Waals surface area contributed by atoms with E-state index in [0.717, 1.165) is 22.3 Å². The molecule has 214 valence electrons. The van der Waals surface area contributed by atoms with Gasteiger partial charge in [-0.05, 0) is 42.7 Å². The summed E-state index contributed by atoms with van der Waals surface area (Å²) in [6.45, 7) is 4.14. The number of aromatic amines is 1. The molecule has 0 aliphatic carbocycles. The quantitative estimate of drug-likeness (QED) is 0.250. The number of imidazole rings is 1. The van der Waals surface area contributed by atoms with Crippen molar-refractivity contribution in [2.45, 2.75) is 32.6 Å². The van der Waals surface area contributed by atoms with Crippen molar-refractivity contribution < 1.29 is 33.1 Å². The molecule has 2 atom stereocenters. The van der Waals surface area contributed by atoms with Crippen LogP contribution in [0.1, 0.15) is 29.8 Å². The number of nitrogens with one attached hydrogen (secondary N) is 1. The first kappa shape index (κ1) is 26.8. The van der Waals surface area contributed by atoms with E-state index in [1.54, 1.807) is 25.1 Å². The third kappa shape index (κ3) is 5.21. The zero-order valence-electron chi connectivity index (χ0n) is 22.7. The summed E-state index contributed by atoms with van der Waals surface area (Å²) in [6.07, 6.45) is -1.99. The van der Waals surface area contributed by atoms with Crippen LogP contribution in [0.4, 0.5) is 4.79 Å². The lowest BCUT2D eigenvalue weighted by Gasteiger charge is -2.14. The average Bonchev–Trinajstić information content (AvgIpc) is 3.68. The molecule has 1 aliphatic heterocycles. The first-order valence-electron chi connectivity index (χ1n) is 13.3. The number of nitrogens with zero attached hydrogens (tertiary/aromatic N) is 3. The Morgan fingerprint density at radius 2 is 1.79 bits per heavy atom. The van der Waals surface area contributed by atoms with Crippen molar-refractivity contribution in [3.63, 3.8) is 0 Å². The van der Waals surface area contributed by atoms with Crippen molar-refractivity contribution >= 4 is 23.2 Å². The number of aromatic nitrogens is 4. The highest BCUT2D eigenvalue weighted by molar-refractivity contribution is 6.02. The number of carbonyl (C=O) groups is 2. The van der Waals surface area contributed by atoms with Crippen LogP contribution in [0.5, 0.6) is 6.01 Å². The lowest BCUT2D eigenvalue weighted by molar-refractivity contribution is 0.0250. The Labute approximate surface area is 238 Å². The van der Waals surface area contributed by atoms with Gasteiger partial charge in [0.1, 0.15) is 12.7 Å². The molecule has 0 amide bonds. The van der Waals surface area contributed by atoms with E-state index in [0.29, 0.717) is 41.6 Å². The van der Waals surface area contributed by atoms with Crippen molar-refractivity contribution in [2.75, 3.05) is 13.2 Å². The summed E-state index contributed by atoms with van der Waals surface area (Å²) in [6, 6.07) is 21.0. The molecule has 3 heterocycles. The van der Waals surface area contributed by atoms with Gasteiger partial charge in [0.05, 0.1) is 29.7 Å². The van der Waals surface area contributed by atoms with E-state index in [4.69, 9.17) is 23.5 Å². The van der Waals surface area contributed by atoms with E-state index < -0.39 is 30.1 Å². The van der Waals surface area contributed by atoms with Crippen LogP contribution in [-0.2, 0) is 20.8 Å². The number of fused-ring (bicyclic) bond motifs is 1. The third-order valence-corrected chi connectivity index (χ3v) is 6.89. The Bertz CT molecular complexity index is 1820. The molecule has 12 nitrogen and oxygen atoms in total. The van der Waals surface area contributed by atoms with Crippen LogP contribution in [0.25, 0.3) is 33.5 Å². The standard InChI is InChI=1S/C30H26N4O8/c1-3-38-28-31-23-10-6-9-22(27(35)39-16-24-17(2)40-30(37)41-24)25(23)34(28)15-18-11-13-19(14-12-18)20-7-4-5-8-21(20)26-32-29(36)42-33-26/h4-14,17,24H,3,15-16H2,1-2H3,(H,32,33,36). The fourth-order valence-corrected chi connectivity index (χ4v) is 4.85. The second-order valence-corrected chi connectivity index (χ2v) is 9.60. The molecular formula is C30H26N4O8. The molecule has 0 spiro atoms. The lowest BCUT2D eigenvalue weighted by Crippen LogP contribution is -2.26. The molecule has 3 aromatic carbocycles. The van der Waals surface area contributed by atoms with Gasteiger partial charge < -0.3 is 18.9 Å². The van der Waals surface area contributed by atoms with Crippen LogP contribution in [0, 0.1) is 0 Å². The molecule has 0 radical (unpaired) electrons. The summed E-state index contributed by atoms with van der Waals surface area (Å²) < 4.78 is 27.9. The molecule has 0 bridgehead atoms. The first-order valence-corrected chi connectivity index (χ1v) is 13.3. The highest BCUT2D eigenvalue weighted by Gasteiger charge is 2.34. The molecule has 0 saturated carbocycles. The smallest absolute Gasteiger partial charge is 0.465 e. The van der Waals surface area contributed by atoms with Gasteiger partial charge in [-0.3, -0.25) is 14.1 Å². The first-order chi connectivity index (χ1) is 20.4. The monoisotopic (exact) mass is 570 g/mol. The predicted octanol–water partition coefficient (Wildman–Crippen LogP) is 4.57. The molecule has 42 heavy (non-hydrogen) atoms. The van der Waals surface area contributed by atoms with Crippen LogP contribution in [0.15, 0.2) is 76.0 Å². The molecular weight excluding hydrogens is 544 g/mol. The van der Waals surface area contributed by atoms with Crippen LogP contribution in [-0.4, -0.2) is 57.2 Å². The molecule has 6 rings (SSSR count). The molecule has 1 aliphatic rings. The van der Waals surface area contributed by atoms with E-state index in [2.05, 4.69) is 15.1 Å². The summed E-state index contributed by atoms with van der Waals surface area (Å²) >= 11 is 0. The molecule has 12 heteroatoms. The van der Waals surface area contributed by atoms with Gasteiger partial charge in [0.2, 0.25) is 0 Å². The number of esters is 1. The fraction of sp³-hybridized carbons (Fsp3) is 0.233. The minimum Gasteiger partial charge on any atom is -0.465 e. The Hall–Kier alpha value is -5.39. The summed E-state index contributed by atoms with van der Waals surface area (Å²) in [7, 11) is 0. The van der Waals surface area contributed by atoms with Crippen LogP contribution < -0.4 is 10.5 Å². The van der Waals surface area contributed by atoms with E-state index in [1.807, 2.05) is 60.0 Å². The van der Waals surface area contributed by atoms with Crippen LogP contribution in [0.2, 0.25) is 0 Å². The van der Waals surface area contributed by atoms with Gasteiger partial charge in [-0.15, -0.1) is 0 Å². The zero-order chi connectivity index (χ0) is 29.2. The van der Waals surface area contributed by atoms with Crippen molar-refractivity contribution in [2.24, 2.45) is 0 Å². The fourth-order valence-electron chi connectivity index (χ4n) is 4.85. The zero-order valence-corrected chi connectivity index (χ0v) is 22.7. The van der Waals surface area contributed by atoms with Gasteiger partial charge in [0.15, 0.2) is 11.9 Å². The van der Waals surface area contributed by atoms with E-state index in [1.165, 1.54) is 0 Å². The van der Waals surface area contributed by atoms with Crippen LogP contribution in [0.3, 0.4) is 0 Å². The lowest BCUT2D eigenvalue weighted by atomic mass is 9.98. The van der Waals surface area contributed by atoms with Crippen molar-refractivity contribution in [1.29, 1.82) is 0 Å². The van der Waals surface area contributed by atoms with E-state index >= 15 is 0 Å². The average molecular weight is 571 g/mol. The molecule has 2 unspecified atom stereocenters. The Kier molecular flexibility index (Phi) is 7.17. The Balaban J connectivity index is 1.30. The molecule has 2 aromatic heterocycles. The molecule has 1 saturated heterocycles. The van der Waals surface area contributed by atoms with Crippen molar-refractivity contribution in [3.05, 3.63) is 88.4 Å². The highest BCUT2D eigenvalue weighted by Crippen LogP contribution is 2.31. The number of ether oxygens (including phenoxy) is 4. The van der Waals surface area contributed by atoms with E-state index in [-0.39, 0.29) is 6.61 Å². The number of H-pyrrole nitrogens is 1. The SMILES string of the molecule is CCOc1nc2cccc(C(=O)OCC3OC(=O)OC3C)c2n1Cc1ccc(-c2ccccc2-c2noc(=O)[nH]2)cc1. The number of rotatable bonds is 9. The van der Waals surface area contributed by atoms with Gasteiger partial charge >= 0.3 is 17.9 Å². The number of hydrogen-bond acceptors (Lipinski definition) is 10. The molecule has 5 aromatic rings. The normalized spacial score (nSPS) is 16.3. The molecule has 1 N–H and O–H groups in total. The summed E-state index contributed by atoms with van der Waals surface area (Å²) in [5.41, 5.74) is 4.87. The third-order valence-electron chi connectivity index (χ3n) is 6.89. The number of para-hydroxylation sites is 1. The predicted molar refractivity (Wildman–Crippen MR) is 149 cm³/mol. The second-order valence-electron chi connectivity index (χ2n) is 9.60. The maximum Gasteiger partial charge on any atom is 0.509 e. The van der Waals surface area contributed by atoms with E-state index in [9.17, 15) is 14.4 Å². The summed E-state index contributed by atoms with van der Waals surface area (Å²) in [4.78, 5) is 43.3. The topological polar surface area (TPSA) is 148 Å². The van der Waals surface area contributed by atoms with Gasteiger partial charge in [0, 0.05) is 5.56 Å². The van der Waals surface area contributed by atoms with Gasteiger partial charge in [-0.1, -0.05) is 59.8 Å². The molecule has 1 fully saturated rings. The number of benzene rings is 3.